The molecule has 1 aliphatic rings. The van der Waals surface area contributed by atoms with E-state index < -0.39 is 0 Å². The van der Waals surface area contributed by atoms with Crippen molar-refractivity contribution in [2.24, 2.45) is 4.99 Å². The van der Waals surface area contributed by atoms with Crippen LogP contribution in [-0.4, -0.2) is 38.9 Å². The van der Waals surface area contributed by atoms with Crippen LogP contribution >= 0.6 is 24.0 Å². The first-order valence-corrected chi connectivity index (χ1v) is 9.07. The highest BCUT2D eigenvalue weighted by molar-refractivity contribution is 14.0. The molecule has 1 fully saturated rings. The first kappa shape index (κ1) is 22.0. The molecule has 0 radical (unpaired) electrons. The van der Waals surface area contributed by atoms with Crippen LogP contribution in [0.5, 0.6) is 5.75 Å². The van der Waals surface area contributed by atoms with E-state index in [1.165, 1.54) is 37.7 Å². The second-order valence-corrected chi connectivity index (χ2v) is 6.16. The fourth-order valence-corrected chi connectivity index (χ4v) is 2.86. The van der Waals surface area contributed by atoms with E-state index in [0.717, 1.165) is 18.3 Å². The van der Waals surface area contributed by atoms with Crippen LogP contribution in [0.2, 0.25) is 0 Å². The number of methoxy groups -OCH3 is 1. The third-order valence-electron chi connectivity index (χ3n) is 4.19. The van der Waals surface area contributed by atoms with Crippen molar-refractivity contribution in [2.75, 3.05) is 26.9 Å². The third kappa shape index (κ3) is 8.76. The lowest BCUT2D eigenvalue weighted by molar-refractivity contribution is 0.146. The minimum Gasteiger partial charge on any atom is -0.491 e. The first-order chi connectivity index (χ1) is 11.8. The molecule has 25 heavy (non-hydrogen) atoms. The Morgan fingerprint density at radius 3 is 2.48 bits per heavy atom. The highest BCUT2D eigenvalue weighted by atomic mass is 127. The van der Waals surface area contributed by atoms with Crippen LogP contribution in [0, 0.1) is 0 Å². The highest BCUT2D eigenvalue weighted by Gasteiger charge is 2.14. The molecule has 5 nitrogen and oxygen atoms in total. The van der Waals surface area contributed by atoms with Crippen molar-refractivity contribution in [1.82, 2.24) is 10.6 Å². The molecule has 0 aliphatic heterocycles. The summed E-state index contributed by atoms with van der Waals surface area (Å²) < 4.78 is 10.6. The van der Waals surface area contributed by atoms with E-state index in [1.807, 2.05) is 12.1 Å². The lowest BCUT2D eigenvalue weighted by Gasteiger charge is -2.24. The molecule has 0 atom stereocenters. The monoisotopic (exact) mass is 461 g/mol. The van der Waals surface area contributed by atoms with Gasteiger partial charge in [-0.1, -0.05) is 31.4 Å². The van der Waals surface area contributed by atoms with E-state index in [4.69, 9.17) is 14.5 Å². The third-order valence-corrected chi connectivity index (χ3v) is 4.19. The van der Waals surface area contributed by atoms with Gasteiger partial charge in [0.2, 0.25) is 0 Å². The number of ether oxygens (including phenoxy) is 2. The zero-order chi connectivity index (χ0) is 17.0. The Balaban J connectivity index is 0.00000312. The fourth-order valence-electron chi connectivity index (χ4n) is 2.86. The maximum atomic E-state index is 5.58. The Kier molecular flexibility index (Phi) is 11.6. The van der Waals surface area contributed by atoms with Crippen LogP contribution in [-0.2, 0) is 11.3 Å². The SMILES string of the molecule is CCNC(=NCc1ccc(OCCOC)cc1)NC1CCCCC1.I. The number of hydrogen-bond donors (Lipinski definition) is 2. The van der Waals surface area contributed by atoms with Gasteiger partial charge in [-0.3, -0.25) is 0 Å². The number of hydrogen-bond acceptors (Lipinski definition) is 3. The zero-order valence-corrected chi connectivity index (χ0v) is 17.8. The average molecular weight is 461 g/mol. The molecule has 1 aliphatic carbocycles. The van der Waals surface area contributed by atoms with E-state index in [9.17, 15) is 0 Å². The van der Waals surface area contributed by atoms with Crippen LogP contribution in [0.3, 0.4) is 0 Å². The van der Waals surface area contributed by atoms with Gasteiger partial charge in [0, 0.05) is 19.7 Å². The maximum Gasteiger partial charge on any atom is 0.191 e. The second kappa shape index (κ2) is 13.2. The largest absolute Gasteiger partial charge is 0.491 e. The molecule has 0 bridgehead atoms. The van der Waals surface area contributed by atoms with E-state index in [0.29, 0.717) is 25.8 Å². The van der Waals surface area contributed by atoms with Gasteiger partial charge in [0.1, 0.15) is 12.4 Å². The van der Waals surface area contributed by atoms with Gasteiger partial charge in [-0.05, 0) is 37.5 Å². The molecule has 1 aromatic rings. The minimum atomic E-state index is 0. The van der Waals surface area contributed by atoms with Crippen LogP contribution in [0.1, 0.15) is 44.6 Å². The summed E-state index contributed by atoms with van der Waals surface area (Å²) in [6.45, 7) is 4.82. The van der Waals surface area contributed by atoms with Crippen LogP contribution in [0.25, 0.3) is 0 Å². The normalized spacial score (nSPS) is 15.4. The molecule has 0 spiro atoms. The molecule has 0 saturated heterocycles. The molecular formula is C19H32IN3O2. The van der Waals surface area contributed by atoms with Crippen molar-refractivity contribution in [2.45, 2.75) is 51.6 Å². The van der Waals surface area contributed by atoms with Gasteiger partial charge in [0.25, 0.3) is 0 Å². The van der Waals surface area contributed by atoms with Crippen LogP contribution in [0.15, 0.2) is 29.3 Å². The summed E-state index contributed by atoms with van der Waals surface area (Å²) in [6, 6.07) is 8.67. The predicted octanol–water partition coefficient (Wildman–Crippen LogP) is 3.72. The van der Waals surface area contributed by atoms with E-state index in [-0.39, 0.29) is 24.0 Å². The smallest absolute Gasteiger partial charge is 0.191 e. The molecule has 2 N–H and O–H groups in total. The Labute approximate surface area is 169 Å². The van der Waals surface area contributed by atoms with Crippen molar-refractivity contribution in [3.8, 4) is 5.75 Å². The van der Waals surface area contributed by atoms with Gasteiger partial charge in [-0.25, -0.2) is 4.99 Å². The van der Waals surface area contributed by atoms with Crippen molar-refractivity contribution < 1.29 is 9.47 Å². The summed E-state index contributed by atoms with van der Waals surface area (Å²) in [5, 5.41) is 6.92. The van der Waals surface area contributed by atoms with E-state index in [1.54, 1.807) is 7.11 Å². The van der Waals surface area contributed by atoms with E-state index >= 15 is 0 Å². The van der Waals surface area contributed by atoms with Gasteiger partial charge >= 0.3 is 0 Å². The Morgan fingerprint density at radius 2 is 1.84 bits per heavy atom. The molecule has 1 aromatic carbocycles. The molecule has 6 heteroatoms. The maximum absolute atomic E-state index is 5.58. The summed E-state index contributed by atoms with van der Waals surface area (Å²) in [5.74, 6) is 1.79. The van der Waals surface area contributed by atoms with Crippen LogP contribution in [0.4, 0.5) is 0 Å². The number of nitrogens with zero attached hydrogens (tertiary/aromatic N) is 1. The number of guanidine groups is 1. The fraction of sp³-hybridized carbons (Fsp3) is 0.632. The van der Waals surface area contributed by atoms with Gasteiger partial charge < -0.3 is 20.1 Å². The number of rotatable bonds is 8. The van der Waals surface area contributed by atoms with Crippen molar-refractivity contribution in [3.05, 3.63) is 29.8 Å². The molecule has 0 amide bonds. The molecule has 2 rings (SSSR count). The molecule has 0 unspecified atom stereocenters. The Hall–Kier alpha value is -1.02. The number of halogens is 1. The predicted molar refractivity (Wildman–Crippen MR) is 114 cm³/mol. The van der Waals surface area contributed by atoms with Gasteiger partial charge in [0.05, 0.1) is 13.2 Å². The Morgan fingerprint density at radius 1 is 1.12 bits per heavy atom. The first-order valence-electron chi connectivity index (χ1n) is 9.07. The minimum absolute atomic E-state index is 0. The second-order valence-electron chi connectivity index (χ2n) is 6.16. The molecule has 1 saturated carbocycles. The lowest BCUT2D eigenvalue weighted by Crippen LogP contribution is -2.44. The average Bonchev–Trinajstić information content (AvgIpc) is 2.62. The quantitative estimate of drug-likeness (QED) is 0.268. The van der Waals surface area contributed by atoms with E-state index in [2.05, 4.69) is 29.7 Å². The number of benzene rings is 1. The molecule has 0 aromatic heterocycles. The lowest BCUT2D eigenvalue weighted by atomic mass is 9.96. The van der Waals surface area contributed by atoms with Gasteiger partial charge in [-0.2, -0.15) is 0 Å². The van der Waals surface area contributed by atoms with Crippen LogP contribution < -0.4 is 15.4 Å². The zero-order valence-electron chi connectivity index (χ0n) is 15.4. The summed E-state index contributed by atoms with van der Waals surface area (Å²) in [5.41, 5.74) is 1.18. The topological polar surface area (TPSA) is 54.9 Å². The number of nitrogens with one attached hydrogen (secondary N) is 2. The summed E-state index contributed by atoms with van der Waals surface area (Å²) in [4.78, 5) is 4.72. The standard InChI is InChI=1S/C19H31N3O2.HI/c1-3-20-19(22-17-7-5-4-6-8-17)21-15-16-9-11-18(12-10-16)24-14-13-23-2;/h9-12,17H,3-8,13-15H2,1-2H3,(H2,20,21,22);1H. The molecule has 142 valence electrons. The van der Waals surface area contributed by atoms with Crippen molar-refractivity contribution in [3.63, 3.8) is 0 Å². The Bertz CT molecular complexity index is 488. The van der Waals surface area contributed by atoms with Crippen molar-refractivity contribution >= 4 is 29.9 Å². The number of aliphatic imine (C=N–C) groups is 1. The van der Waals surface area contributed by atoms with Gasteiger partial charge in [0.15, 0.2) is 5.96 Å². The molecule has 0 heterocycles. The highest BCUT2D eigenvalue weighted by Crippen LogP contribution is 2.17. The van der Waals surface area contributed by atoms with Gasteiger partial charge in [-0.15, -0.1) is 24.0 Å². The summed E-state index contributed by atoms with van der Waals surface area (Å²) >= 11 is 0. The summed E-state index contributed by atoms with van der Waals surface area (Å²) in [7, 11) is 1.67. The summed E-state index contributed by atoms with van der Waals surface area (Å²) in [6.07, 6.45) is 6.50. The molecular weight excluding hydrogens is 429 g/mol. The van der Waals surface area contributed by atoms with Crippen molar-refractivity contribution in [1.29, 1.82) is 0 Å².